The van der Waals surface area contributed by atoms with Crippen LogP contribution in [0.15, 0.2) is 11.4 Å². The van der Waals surface area contributed by atoms with Gasteiger partial charge in [0.15, 0.2) is 0 Å². The SMILES string of the molecule is COc1ccsc1C(=O)N1CCOC[C@H]1CC(=O)O. The Morgan fingerprint density at radius 1 is 1.63 bits per heavy atom. The predicted octanol–water partition coefficient (Wildman–Crippen LogP) is 1.07. The summed E-state index contributed by atoms with van der Waals surface area (Å²) in [6.45, 7) is 1.08. The van der Waals surface area contributed by atoms with E-state index in [-0.39, 0.29) is 18.9 Å². The Bertz CT molecular complexity index is 472. The fraction of sp³-hybridized carbons (Fsp3) is 0.500. The molecule has 7 heteroatoms. The van der Waals surface area contributed by atoms with E-state index < -0.39 is 12.0 Å². The van der Waals surface area contributed by atoms with Crippen molar-refractivity contribution in [3.05, 3.63) is 16.3 Å². The number of carbonyl (C=O) groups is 2. The third kappa shape index (κ3) is 3.05. The van der Waals surface area contributed by atoms with Gasteiger partial charge in [-0.3, -0.25) is 9.59 Å². The van der Waals surface area contributed by atoms with E-state index in [0.717, 1.165) is 0 Å². The number of thiophene rings is 1. The van der Waals surface area contributed by atoms with Gasteiger partial charge in [0.05, 0.1) is 32.8 Å². The molecular formula is C12H15NO5S. The quantitative estimate of drug-likeness (QED) is 0.895. The first kappa shape index (κ1) is 13.8. The van der Waals surface area contributed by atoms with Crippen LogP contribution in [0.2, 0.25) is 0 Å². The van der Waals surface area contributed by atoms with Gasteiger partial charge in [0.2, 0.25) is 0 Å². The van der Waals surface area contributed by atoms with Crippen molar-refractivity contribution in [2.45, 2.75) is 12.5 Å². The van der Waals surface area contributed by atoms with Crippen molar-refractivity contribution >= 4 is 23.2 Å². The number of carboxylic acid groups (broad SMARTS) is 1. The Morgan fingerprint density at radius 3 is 3.11 bits per heavy atom. The van der Waals surface area contributed by atoms with Crippen LogP contribution in [0.4, 0.5) is 0 Å². The Kier molecular flexibility index (Phi) is 4.39. The summed E-state index contributed by atoms with van der Waals surface area (Å²) < 4.78 is 10.4. The maximum atomic E-state index is 12.4. The van der Waals surface area contributed by atoms with Gasteiger partial charge >= 0.3 is 5.97 Å². The molecule has 0 spiro atoms. The molecule has 0 radical (unpaired) electrons. The van der Waals surface area contributed by atoms with Gasteiger partial charge in [0, 0.05) is 6.54 Å². The lowest BCUT2D eigenvalue weighted by molar-refractivity contribution is -0.139. The number of nitrogens with zero attached hydrogens (tertiary/aromatic N) is 1. The second-order valence-electron chi connectivity index (χ2n) is 4.14. The van der Waals surface area contributed by atoms with Crippen LogP contribution in [-0.2, 0) is 9.53 Å². The predicted molar refractivity (Wildman–Crippen MR) is 68.8 cm³/mol. The third-order valence-electron chi connectivity index (χ3n) is 2.94. The topological polar surface area (TPSA) is 76.1 Å². The lowest BCUT2D eigenvalue weighted by Crippen LogP contribution is -2.49. The number of amides is 1. The molecule has 0 unspecified atom stereocenters. The van der Waals surface area contributed by atoms with Crippen molar-refractivity contribution in [1.29, 1.82) is 0 Å². The lowest BCUT2D eigenvalue weighted by Gasteiger charge is -2.34. The van der Waals surface area contributed by atoms with Crippen molar-refractivity contribution in [2.75, 3.05) is 26.9 Å². The molecular weight excluding hydrogens is 270 g/mol. The first-order valence-electron chi connectivity index (χ1n) is 5.85. The van der Waals surface area contributed by atoms with Gasteiger partial charge in [-0.25, -0.2) is 0 Å². The largest absolute Gasteiger partial charge is 0.495 e. The molecule has 1 fully saturated rings. The first-order valence-corrected chi connectivity index (χ1v) is 6.73. The lowest BCUT2D eigenvalue weighted by atomic mass is 10.1. The standard InChI is InChI=1S/C12H15NO5S/c1-17-9-2-5-19-11(9)12(16)13-3-4-18-7-8(13)6-10(14)15/h2,5,8H,3-4,6-7H2,1H3,(H,14,15)/t8-/m1/s1. The average Bonchev–Trinajstić information content (AvgIpc) is 2.86. The molecule has 1 aromatic heterocycles. The fourth-order valence-electron chi connectivity index (χ4n) is 2.04. The monoisotopic (exact) mass is 285 g/mol. The number of carboxylic acids is 1. The summed E-state index contributed by atoms with van der Waals surface area (Å²) in [6.07, 6.45) is -0.112. The Hall–Kier alpha value is -1.60. The molecule has 1 saturated heterocycles. The van der Waals surface area contributed by atoms with Crippen molar-refractivity contribution < 1.29 is 24.2 Å². The highest BCUT2D eigenvalue weighted by Gasteiger charge is 2.31. The average molecular weight is 285 g/mol. The van der Waals surface area contributed by atoms with Crippen LogP contribution >= 0.6 is 11.3 Å². The smallest absolute Gasteiger partial charge is 0.305 e. The van der Waals surface area contributed by atoms with E-state index in [1.54, 1.807) is 16.3 Å². The molecule has 1 N–H and O–H groups in total. The van der Waals surface area contributed by atoms with Gasteiger partial charge in [-0.2, -0.15) is 0 Å². The number of hydrogen-bond acceptors (Lipinski definition) is 5. The Morgan fingerprint density at radius 2 is 2.42 bits per heavy atom. The summed E-state index contributed by atoms with van der Waals surface area (Å²) in [7, 11) is 1.51. The summed E-state index contributed by atoms with van der Waals surface area (Å²) in [4.78, 5) is 25.3. The first-order chi connectivity index (χ1) is 9.13. The molecule has 1 aliphatic heterocycles. The van der Waals surface area contributed by atoms with Crippen molar-refractivity contribution in [3.63, 3.8) is 0 Å². The summed E-state index contributed by atoms with van der Waals surface area (Å²) in [5, 5.41) is 10.7. The zero-order valence-corrected chi connectivity index (χ0v) is 11.3. The van der Waals surface area contributed by atoms with Crippen molar-refractivity contribution in [2.24, 2.45) is 0 Å². The zero-order valence-electron chi connectivity index (χ0n) is 10.5. The Balaban J connectivity index is 2.17. The van der Waals surface area contributed by atoms with E-state index in [4.69, 9.17) is 14.6 Å². The minimum Gasteiger partial charge on any atom is -0.495 e. The summed E-state index contributed by atoms with van der Waals surface area (Å²) in [5.41, 5.74) is 0. The van der Waals surface area contributed by atoms with Crippen LogP contribution in [0.25, 0.3) is 0 Å². The molecule has 2 heterocycles. The molecule has 6 nitrogen and oxygen atoms in total. The minimum absolute atomic E-state index is 0.112. The fourth-order valence-corrected chi connectivity index (χ4v) is 2.85. The number of rotatable bonds is 4. The van der Waals surface area contributed by atoms with Gasteiger partial charge in [-0.15, -0.1) is 11.3 Å². The van der Waals surface area contributed by atoms with Crippen LogP contribution in [0.3, 0.4) is 0 Å². The molecule has 0 aliphatic carbocycles. The molecule has 0 aromatic carbocycles. The highest BCUT2D eigenvalue weighted by molar-refractivity contribution is 7.12. The molecule has 1 amide bonds. The van der Waals surface area contributed by atoms with E-state index in [2.05, 4.69) is 0 Å². The number of aliphatic carboxylic acids is 1. The molecule has 19 heavy (non-hydrogen) atoms. The summed E-state index contributed by atoms with van der Waals surface area (Å²) >= 11 is 1.29. The van der Waals surface area contributed by atoms with E-state index >= 15 is 0 Å². The molecule has 0 saturated carbocycles. The molecule has 1 aromatic rings. The number of ether oxygens (including phenoxy) is 2. The number of carbonyl (C=O) groups excluding carboxylic acids is 1. The van der Waals surface area contributed by atoms with Crippen LogP contribution < -0.4 is 4.74 Å². The second-order valence-corrected chi connectivity index (χ2v) is 5.06. The zero-order chi connectivity index (χ0) is 13.8. The van der Waals surface area contributed by atoms with Crippen LogP contribution in [0.1, 0.15) is 16.1 Å². The molecule has 1 aliphatic rings. The second kappa shape index (κ2) is 6.03. The van der Waals surface area contributed by atoms with Gasteiger partial charge in [-0.05, 0) is 11.4 Å². The highest BCUT2D eigenvalue weighted by atomic mass is 32.1. The van der Waals surface area contributed by atoms with Gasteiger partial charge < -0.3 is 19.5 Å². The van der Waals surface area contributed by atoms with E-state index in [0.29, 0.717) is 23.8 Å². The van der Waals surface area contributed by atoms with E-state index in [1.807, 2.05) is 0 Å². The van der Waals surface area contributed by atoms with Gasteiger partial charge in [0.25, 0.3) is 5.91 Å². The highest BCUT2D eigenvalue weighted by Crippen LogP contribution is 2.27. The van der Waals surface area contributed by atoms with Crippen LogP contribution in [0.5, 0.6) is 5.75 Å². The maximum absolute atomic E-state index is 12.4. The van der Waals surface area contributed by atoms with Crippen LogP contribution in [-0.4, -0.2) is 54.8 Å². The number of morpholine rings is 1. The summed E-state index contributed by atoms with van der Waals surface area (Å²) in [6, 6.07) is 1.30. The third-order valence-corrected chi connectivity index (χ3v) is 3.83. The normalized spacial score (nSPS) is 19.2. The van der Waals surface area contributed by atoms with Crippen molar-refractivity contribution in [3.8, 4) is 5.75 Å². The Labute approximate surface area is 114 Å². The number of hydrogen-bond donors (Lipinski definition) is 1. The summed E-state index contributed by atoms with van der Waals surface area (Å²) in [5.74, 6) is -0.608. The van der Waals surface area contributed by atoms with Gasteiger partial charge in [-0.1, -0.05) is 0 Å². The maximum Gasteiger partial charge on any atom is 0.305 e. The van der Waals surface area contributed by atoms with Crippen molar-refractivity contribution in [1.82, 2.24) is 4.90 Å². The number of methoxy groups -OCH3 is 1. The van der Waals surface area contributed by atoms with E-state index in [9.17, 15) is 9.59 Å². The van der Waals surface area contributed by atoms with Crippen LogP contribution in [0, 0.1) is 0 Å². The molecule has 2 rings (SSSR count). The minimum atomic E-state index is -0.938. The van der Waals surface area contributed by atoms with Gasteiger partial charge in [0.1, 0.15) is 10.6 Å². The molecule has 1 atom stereocenters. The molecule has 0 bridgehead atoms. The molecule has 104 valence electrons. The van der Waals surface area contributed by atoms with E-state index in [1.165, 1.54) is 18.4 Å².